The number of aliphatic hydroxyl groups is 1. The largest absolute Gasteiger partial charge is 0.507 e. The van der Waals surface area contributed by atoms with E-state index < -0.39 is 17.7 Å². The first-order valence-electron chi connectivity index (χ1n) is 13.1. The second kappa shape index (κ2) is 13.0. The monoisotopic (exact) mass is 590 g/mol. The number of hydrogen-bond acceptors (Lipinski definition) is 9. The van der Waals surface area contributed by atoms with Crippen molar-refractivity contribution in [2.75, 3.05) is 11.5 Å². The molecule has 0 saturated carbocycles. The van der Waals surface area contributed by atoms with E-state index in [1.165, 1.54) is 52.5 Å². The lowest BCUT2D eigenvalue weighted by Gasteiger charge is -2.22. The lowest BCUT2D eigenvalue weighted by atomic mass is 9.95. The van der Waals surface area contributed by atoms with Crippen LogP contribution in [0.3, 0.4) is 0 Å². The van der Waals surface area contributed by atoms with Crippen LogP contribution in [0.1, 0.15) is 48.9 Å². The highest BCUT2D eigenvalue weighted by atomic mass is 32.2. The molecule has 0 spiro atoms. The molecule has 1 unspecified atom stereocenters. The third kappa shape index (κ3) is 6.47. The molecule has 0 aliphatic carbocycles. The topological polar surface area (TPSA) is 106 Å². The van der Waals surface area contributed by atoms with Crippen LogP contribution in [0.4, 0.5) is 9.52 Å². The summed E-state index contributed by atoms with van der Waals surface area (Å²) in [5.74, 6) is -1.04. The van der Waals surface area contributed by atoms with Gasteiger partial charge in [0.05, 0.1) is 18.2 Å². The van der Waals surface area contributed by atoms with Crippen LogP contribution in [0.2, 0.25) is 0 Å². The molecule has 1 amide bonds. The Bertz CT molecular complexity index is 1540. The van der Waals surface area contributed by atoms with E-state index in [1.54, 1.807) is 48.5 Å². The van der Waals surface area contributed by atoms with Crippen LogP contribution < -0.4 is 9.64 Å². The van der Waals surface area contributed by atoms with Crippen molar-refractivity contribution in [2.24, 2.45) is 0 Å². The van der Waals surface area contributed by atoms with Crippen molar-refractivity contribution in [3.63, 3.8) is 0 Å². The number of amides is 1. The van der Waals surface area contributed by atoms with Gasteiger partial charge in [-0.05, 0) is 53.9 Å². The molecular weight excluding hydrogens is 563 g/mol. The Kier molecular flexibility index (Phi) is 9.05. The number of nitrogens with zero attached hydrogens (tertiary/aromatic N) is 4. The summed E-state index contributed by atoms with van der Waals surface area (Å²) in [5.41, 5.74) is 1.83. The number of carbonyl (C=O) groups excluding carboxylic acids is 2. The average Bonchev–Trinajstić information content (AvgIpc) is 3.57. The summed E-state index contributed by atoms with van der Waals surface area (Å²) in [6.45, 7) is 2.72. The van der Waals surface area contributed by atoms with Gasteiger partial charge in [0.25, 0.3) is 5.78 Å². The zero-order valence-electron chi connectivity index (χ0n) is 22.2. The molecule has 0 bridgehead atoms. The number of anilines is 1. The van der Waals surface area contributed by atoms with Crippen LogP contribution in [-0.2, 0) is 15.3 Å². The minimum Gasteiger partial charge on any atom is -0.507 e. The molecule has 5 rings (SSSR count). The number of ketones is 1. The Morgan fingerprint density at radius 1 is 1.02 bits per heavy atom. The van der Waals surface area contributed by atoms with Crippen molar-refractivity contribution in [2.45, 2.75) is 42.3 Å². The number of rotatable bonds is 11. The van der Waals surface area contributed by atoms with Gasteiger partial charge < -0.3 is 9.84 Å². The number of unbranched alkanes of at least 4 members (excludes halogenated alkanes) is 2. The maximum absolute atomic E-state index is 13.4. The van der Waals surface area contributed by atoms with Crippen LogP contribution in [0.25, 0.3) is 5.76 Å². The van der Waals surface area contributed by atoms with Crippen LogP contribution >= 0.6 is 23.1 Å². The van der Waals surface area contributed by atoms with E-state index >= 15 is 0 Å². The summed E-state index contributed by atoms with van der Waals surface area (Å²) in [6, 6.07) is 15.5. The highest BCUT2D eigenvalue weighted by Gasteiger charge is 2.48. The summed E-state index contributed by atoms with van der Waals surface area (Å²) >= 11 is 2.56. The van der Waals surface area contributed by atoms with Gasteiger partial charge in [-0.3, -0.25) is 19.5 Å². The summed E-state index contributed by atoms with van der Waals surface area (Å²) in [7, 11) is 0. The van der Waals surface area contributed by atoms with E-state index in [9.17, 15) is 19.1 Å². The molecule has 1 saturated heterocycles. The Labute approximate surface area is 244 Å². The zero-order chi connectivity index (χ0) is 28.8. The Hall–Kier alpha value is -4.09. The summed E-state index contributed by atoms with van der Waals surface area (Å²) < 4.78 is 19.7. The smallest absolute Gasteiger partial charge is 0.301 e. The predicted molar refractivity (Wildman–Crippen MR) is 156 cm³/mol. The lowest BCUT2D eigenvalue weighted by Crippen LogP contribution is -2.29. The fourth-order valence-electron chi connectivity index (χ4n) is 4.38. The Balaban J connectivity index is 1.47. The van der Waals surface area contributed by atoms with Gasteiger partial charge in [0.1, 0.15) is 17.3 Å². The van der Waals surface area contributed by atoms with Crippen molar-refractivity contribution in [3.05, 3.63) is 101 Å². The number of aliphatic hydroxyl groups excluding tert-OH is 1. The molecule has 1 fully saturated rings. The predicted octanol–water partition coefficient (Wildman–Crippen LogP) is 6.56. The fraction of sp³-hybridized carbons (Fsp3) is 0.233. The third-order valence-electron chi connectivity index (χ3n) is 6.49. The molecule has 1 N–H and O–H groups in total. The van der Waals surface area contributed by atoms with Crippen molar-refractivity contribution in [3.8, 4) is 5.75 Å². The van der Waals surface area contributed by atoms with Gasteiger partial charge in [0.2, 0.25) is 5.13 Å². The van der Waals surface area contributed by atoms with Crippen LogP contribution in [0.15, 0.2) is 83.0 Å². The molecule has 210 valence electrons. The molecule has 1 atom stereocenters. The highest BCUT2D eigenvalue weighted by Crippen LogP contribution is 2.44. The number of ether oxygens (including phenoxy) is 1. The maximum Gasteiger partial charge on any atom is 0.301 e. The minimum atomic E-state index is -0.930. The van der Waals surface area contributed by atoms with Crippen molar-refractivity contribution in [1.82, 2.24) is 15.2 Å². The minimum absolute atomic E-state index is 0.0477. The molecule has 2 aromatic carbocycles. The second-order valence-corrected chi connectivity index (χ2v) is 11.5. The van der Waals surface area contributed by atoms with Gasteiger partial charge in [0.15, 0.2) is 4.34 Å². The molecule has 0 radical (unpaired) electrons. The van der Waals surface area contributed by atoms with E-state index in [2.05, 4.69) is 22.1 Å². The SMILES string of the molecule is CCCCCOc1ccc(C2/C(=C(\O)c3ccncc3)C(=O)C(=O)N2c2nnc(SCc3ccc(F)cc3)s2)cc1. The maximum atomic E-state index is 13.4. The second-order valence-electron chi connectivity index (χ2n) is 9.30. The standard InChI is InChI=1S/C30H27FN4O4S2/c1-2-3-4-17-39-23-11-7-20(8-12-23)25-24(26(36)21-13-15-32-16-14-21)27(37)28(38)35(25)29-33-34-30(41-29)40-18-19-5-9-22(31)10-6-19/h5-16,25,36H,2-4,17-18H2,1H3/b26-24+. The molecule has 8 nitrogen and oxygen atoms in total. The lowest BCUT2D eigenvalue weighted by molar-refractivity contribution is -0.132. The van der Waals surface area contributed by atoms with Crippen LogP contribution in [-0.4, -0.2) is 38.6 Å². The Morgan fingerprint density at radius 2 is 1.76 bits per heavy atom. The highest BCUT2D eigenvalue weighted by molar-refractivity contribution is 8.00. The van der Waals surface area contributed by atoms with Gasteiger partial charge in [-0.1, -0.05) is 67.1 Å². The molecule has 2 aromatic heterocycles. The fourth-order valence-corrected chi connectivity index (χ4v) is 6.21. The number of Topliss-reactive ketones (excluding diaryl/α,β-unsaturated/α-hetero) is 1. The average molecular weight is 591 g/mol. The molecular formula is C30H27FN4O4S2. The van der Waals surface area contributed by atoms with E-state index in [-0.39, 0.29) is 22.3 Å². The molecule has 1 aliphatic heterocycles. The molecule has 11 heteroatoms. The number of thioether (sulfide) groups is 1. The van der Waals surface area contributed by atoms with E-state index in [0.717, 1.165) is 24.8 Å². The number of halogens is 1. The zero-order valence-corrected chi connectivity index (χ0v) is 23.8. The quantitative estimate of drug-likeness (QED) is 0.0523. The normalized spacial score (nSPS) is 16.3. The summed E-state index contributed by atoms with van der Waals surface area (Å²) in [6.07, 6.45) is 6.12. The number of benzene rings is 2. The molecule has 41 heavy (non-hydrogen) atoms. The summed E-state index contributed by atoms with van der Waals surface area (Å²) in [5, 5.41) is 19.9. The van der Waals surface area contributed by atoms with Crippen LogP contribution in [0.5, 0.6) is 5.75 Å². The molecule has 3 heterocycles. The first-order valence-corrected chi connectivity index (χ1v) is 14.9. The first kappa shape index (κ1) is 28.4. The van der Waals surface area contributed by atoms with Gasteiger partial charge in [-0.2, -0.15) is 0 Å². The molecule has 1 aliphatic rings. The van der Waals surface area contributed by atoms with Crippen molar-refractivity contribution >= 4 is 45.7 Å². The van der Waals surface area contributed by atoms with E-state index in [4.69, 9.17) is 4.74 Å². The van der Waals surface area contributed by atoms with Gasteiger partial charge in [-0.15, -0.1) is 10.2 Å². The Morgan fingerprint density at radius 3 is 2.46 bits per heavy atom. The van der Waals surface area contributed by atoms with E-state index in [0.29, 0.717) is 33.6 Å². The van der Waals surface area contributed by atoms with Gasteiger partial charge in [-0.25, -0.2) is 4.39 Å². The first-order chi connectivity index (χ1) is 20.0. The third-order valence-corrected chi connectivity index (χ3v) is 8.62. The van der Waals surface area contributed by atoms with Gasteiger partial charge >= 0.3 is 5.91 Å². The van der Waals surface area contributed by atoms with Crippen LogP contribution in [0, 0.1) is 5.82 Å². The van der Waals surface area contributed by atoms with E-state index in [1.807, 2.05) is 0 Å². The van der Waals surface area contributed by atoms with Crippen molar-refractivity contribution in [1.29, 1.82) is 0 Å². The molecule has 4 aromatic rings. The number of aromatic nitrogens is 3. The number of pyridine rings is 1. The van der Waals surface area contributed by atoms with Gasteiger partial charge in [0, 0.05) is 23.7 Å². The number of carbonyl (C=O) groups is 2. The van der Waals surface area contributed by atoms with Crippen molar-refractivity contribution < 1.29 is 23.8 Å². The summed E-state index contributed by atoms with van der Waals surface area (Å²) in [4.78, 5) is 32.0. The number of hydrogen-bond donors (Lipinski definition) is 1.